The van der Waals surface area contributed by atoms with Gasteiger partial charge in [0.2, 0.25) is 0 Å². The maximum atomic E-state index is 12.8. The zero-order valence-corrected chi connectivity index (χ0v) is 19.2. The first-order valence-electron chi connectivity index (χ1n) is 11.1. The summed E-state index contributed by atoms with van der Waals surface area (Å²) in [6.07, 6.45) is 5.15. The highest BCUT2D eigenvalue weighted by Gasteiger charge is 2.28. The van der Waals surface area contributed by atoms with Gasteiger partial charge in [-0.2, -0.15) is 0 Å². The van der Waals surface area contributed by atoms with Crippen LogP contribution in [-0.4, -0.2) is 41.8 Å². The zero-order valence-electron chi connectivity index (χ0n) is 18.4. The van der Waals surface area contributed by atoms with Gasteiger partial charge in [-0.25, -0.2) is 4.79 Å². The predicted octanol–water partition coefficient (Wildman–Crippen LogP) is 4.57. The van der Waals surface area contributed by atoms with Crippen LogP contribution in [0.3, 0.4) is 0 Å². The van der Waals surface area contributed by atoms with E-state index in [4.69, 9.17) is 9.47 Å². The number of benzene rings is 1. The number of likely N-dealkylation sites (N-methyl/N-ethyl adjacent to an activating group) is 1. The molecule has 1 unspecified atom stereocenters. The van der Waals surface area contributed by atoms with Gasteiger partial charge >= 0.3 is 6.03 Å². The number of anilines is 1. The summed E-state index contributed by atoms with van der Waals surface area (Å²) < 4.78 is 13.3. The van der Waals surface area contributed by atoms with Crippen LogP contribution in [0.2, 0.25) is 0 Å². The second-order valence-corrected chi connectivity index (χ2v) is 9.19. The molecule has 0 radical (unpaired) electrons. The van der Waals surface area contributed by atoms with Crippen molar-refractivity contribution in [3.05, 3.63) is 58.7 Å². The first kappa shape index (κ1) is 20.9. The maximum Gasteiger partial charge on any atom is 0.319 e. The Balaban J connectivity index is 1.36. The maximum absolute atomic E-state index is 12.8. The summed E-state index contributed by atoms with van der Waals surface area (Å²) in [5.41, 5.74) is 3.28. The smallest absolute Gasteiger partial charge is 0.319 e. The normalized spacial score (nSPS) is 16.3. The summed E-state index contributed by atoms with van der Waals surface area (Å²) in [5.74, 6) is 1.36. The Hall–Kier alpha value is -2.97. The molecule has 0 bridgehead atoms. The fraction of sp³-hybridized carbons (Fsp3) is 0.375. The molecule has 0 aliphatic carbocycles. The molecule has 7 nitrogen and oxygen atoms in total. The van der Waals surface area contributed by atoms with E-state index < -0.39 is 0 Å². The van der Waals surface area contributed by atoms with Crippen molar-refractivity contribution in [3.63, 3.8) is 0 Å². The molecule has 0 saturated heterocycles. The van der Waals surface area contributed by atoms with Crippen molar-refractivity contribution in [2.75, 3.05) is 31.6 Å². The Bertz CT molecular complexity index is 1110. The number of thiophene rings is 1. The first-order chi connectivity index (χ1) is 15.6. The van der Waals surface area contributed by atoms with E-state index in [1.54, 1.807) is 6.07 Å². The van der Waals surface area contributed by atoms with Crippen LogP contribution in [-0.2, 0) is 13.0 Å². The summed E-state index contributed by atoms with van der Waals surface area (Å²) in [6, 6.07) is 9.16. The SMILES string of the molecule is CCN1CCc2c(sc(-n3cccc3)c2C(C)NC(=O)Nc2ccc3c(c2)OCCO3)C1. The van der Waals surface area contributed by atoms with Gasteiger partial charge in [0.1, 0.15) is 18.2 Å². The van der Waals surface area contributed by atoms with Gasteiger partial charge in [0.25, 0.3) is 0 Å². The average molecular weight is 453 g/mol. The van der Waals surface area contributed by atoms with Gasteiger partial charge in [0.15, 0.2) is 11.5 Å². The van der Waals surface area contributed by atoms with E-state index in [0.29, 0.717) is 30.4 Å². The lowest BCUT2D eigenvalue weighted by atomic mass is 9.98. The molecule has 8 heteroatoms. The molecule has 1 atom stereocenters. The number of urea groups is 1. The van der Waals surface area contributed by atoms with E-state index in [1.807, 2.05) is 35.6 Å². The number of hydrogen-bond acceptors (Lipinski definition) is 5. The number of fused-ring (bicyclic) bond motifs is 2. The van der Waals surface area contributed by atoms with Crippen molar-refractivity contribution in [2.45, 2.75) is 32.9 Å². The number of nitrogens with one attached hydrogen (secondary N) is 2. The molecule has 0 spiro atoms. The van der Waals surface area contributed by atoms with Gasteiger partial charge in [-0.05, 0) is 49.7 Å². The molecule has 2 aliphatic rings. The quantitative estimate of drug-likeness (QED) is 0.595. The summed E-state index contributed by atoms with van der Waals surface area (Å²) in [6.45, 7) is 8.40. The third-order valence-electron chi connectivity index (χ3n) is 6.02. The van der Waals surface area contributed by atoms with Crippen molar-refractivity contribution < 1.29 is 14.3 Å². The molecule has 5 rings (SSSR count). The number of rotatable bonds is 5. The molecular weight excluding hydrogens is 424 g/mol. The van der Waals surface area contributed by atoms with Crippen molar-refractivity contribution in [2.24, 2.45) is 0 Å². The van der Waals surface area contributed by atoms with Crippen LogP contribution in [0, 0.1) is 0 Å². The van der Waals surface area contributed by atoms with Gasteiger partial charge in [0, 0.05) is 47.7 Å². The van der Waals surface area contributed by atoms with E-state index >= 15 is 0 Å². The Morgan fingerprint density at radius 2 is 1.97 bits per heavy atom. The number of nitrogens with zero attached hydrogens (tertiary/aromatic N) is 2. The van der Waals surface area contributed by atoms with Gasteiger partial charge < -0.3 is 24.7 Å². The van der Waals surface area contributed by atoms with Gasteiger partial charge in [-0.15, -0.1) is 11.3 Å². The molecule has 2 amide bonds. The van der Waals surface area contributed by atoms with E-state index in [2.05, 4.69) is 46.3 Å². The zero-order chi connectivity index (χ0) is 22.1. The largest absolute Gasteiger partial charge is 0.486 e. The van der Waals surface area contributed by atoms with Crippen molar-refractivity contribution >= 4 is 23.1 Å². The number of carbonyl (C=O) groups is 1. The van der Waals surface area contributed by atoms with Crippen LogP contribution in [0.15, 0.2) is 42.7 Å². The van der Waals surface area contributed by atoms with Crippen LogP contribution in [0.1, 0.15) is 35.9 Å². The number of hydrogen-bond donors (Lipinski definition) is 2. The topological polar surface area (TPSA) is 67.8 Å². The minimum Gasteiger partial charge on any atom is -0.486 e. The monoisotopic (exact) mass is 452 g/mol. The molecule has 4 heterocycles. The molecule has 32 heavy (non-hydrogen) atoms. The summed E-state index contributed by atoms with van der Waals surface area (Å²) in [4.78, 5) is 16.7. The molecule has 0 fully saturated rings. The Morgan fingerprint density at radius 3 is 2.75 bits per heavy atom. The molecule has 2 aliphatic heterocycles. The van der Waals surface area contributed by atoms with Gasteiger partial charge in [-0.1, -0.05) is 6.92 Å². The number of ether oxygens (including phenoxy) is 2. The van der Waals surface area contributed by atoms with Gasteiger partial charge in [0.05, 0.1) is 6.04 Å². The van der Waals surface area contributed by atoms with E-state index in [0.717, 1.165) is 26.1 Å². The summed E-state index contributed by atoms with van der Waals surface area (Å²) in [5, 5.41) is 7.27. The number of carbonyl (C=O) groups excluding carboxylic acids is 1. The standard InChI is InChI=1S/C24H28N4O3S/c1-3-27-11-8-18-21(15-27)32-23(28-9-4-5-10-28)22(18)16(2)25-24(29)26-17-6-7-19-20(14-17)31-13-12-30-19/h4-7,9-10,14,16H,3,8,11-13,15H2,1-2H3,(H2,25,26,29). The van der Waals surface area contributed by atoms with E-state index in [1.165, 1.54) is 21.0 Å². The summed E-state index contributed by atoms with van der Waals surface area (Å²) >= 11 is 1.83. The highest BCUT2D eigenvalue weighted by Crippen LogP contribution is 2.39. The van der Waals surface area contributed by atoms with Crippen molar-refractivity contribution in [1.29, 1.82) is 0 Å². The molecular formula is C24H28N4O3S. The van der Waals surface area contributed by atoms with Crippen LogP contribution in [0.4, 0.5) is 10.5 Å². The van der Waals surface area contributed by atoms with E-state index in [-0.39, 0.29) is 12.1 Å². The lowest BCUT2D eigenvalue weighted by Gasteiger charge is -2.27. The molecule has 2 aromatic heterocycles. The van der Waals surface area contributed by atoms with Crippen molar-refractivity contribution in [3.8, 4) is 16.5 Å². The lowest BCUT2D eigenvalue weighted by molar-refractivity contribution is 0.171. The molecule has 168 valence electrons. The summed E-state index contributed by atoms with van der Waals surface area (Å²) in [7, 11) is 0. The third kappa shape index (κ3) is 4.08. The van der Waals surface area contributed by atoms with Crippen LogP contribution >= 0.6 is 11.3 Å². The minimum atomic E-state index is -0.237. The third-order valence-corrected chi connectivity index (χ3v) is 7.27. The molecule has 3 aromatic rings. The Kier molecular flexibility index (Phi) is 5.80. The Morgan fingerprint density at radius 1 is 1.19 bits per heavy atom. The fourth-order valence-corrected chi connectivity index (χ4v) is 5.85. The minimum absolute atomic E-state index is 0.127. The first-order valence-corrected chi connectivity index (χ1v) is 11.9. The Labute approximate surface area is 191 Å². The second kappa shape index (κ2) is 8.88. The highest BCUT2D eigenvalue weighted by atomic mass is 32.1. The average Bonchev–Trinajstić information content (AvgIpc) is 3.46. The number of aromatic nitrogens is 1. The second-order valence-electron chi connectivity index (χ2n) is 8.11. The molecule has 2 N–H and O–H groups in total. The van der Waals surface area contributed by atoms with E-state index in [9.17, 15) is 4.79 Å². The fourth-order valence-electron chi connectivity index (χ4n) is 4.40. The molecule has 1 aromatic carbocycles. The lowest BCUT2D eigenvalue weighted by Crippen LogP contribution is -2.33. The van der Waals surface area contributed by atoms with Gasteiger partial charge in [-0.3, -0.25) is 4.90 Å². The number of amides is 2. The van der Waals surface area contributed by atoms with Crippen LogP contribution in [0.25, 0.3) is 5.00 Å². The predicted molar refractivity (Wildman–Crippen MR) is 126 cm³/mol. The molecule has 0 saturated carbocycles. The highest BCUT2D eigenvalue weighted by molar-refractivity contribution is 7.15. The van der Waals surface area contributed by atoms with Crippen LogP contribution in [0.5, 0.6) is 11.5 Å². The van der Waals surface area contributed by atoms with Crippen molar-refractivity contribution in [1.82, 2.24) is 14.8 Å². The van der Waals surface area contributed by atoms with Crippen LogP contribution < -0.4 is 20.1 Å².